The fraction of sp³-hybridized carbons (Fsp3) is 0.375. The summed E-state index contributed by atoms with van der Waals surface area (Å²) in [6.07, 6.45) is 5.06. The van der Waals surface area contributed by atoms with E-state index < -0.39 is 5.91 Å². The van der Waals surface area contributed by atoms with Gasteiger partial charge >= 0.3 is 6.01 Å². The van der Waals surface area contributed by atoms with Crippen LogP contribution in [-0.2, 0) is 13.1 Å². The minimum Gasteiger partial charge on any atom is -0.495 e. The van der Waals surface area contributed by atoms with Crippen LogP contribution in [0.25, 0.3) is 0 Å². The molecule has 2 N–H and O–H groups in total. The first-order valence-electron chi connectivity index (χ1n) is 11.2. The number of nitrogens with zero attached hydrogens (tertiary/aromatic N) is 4. The van der Waals surface area contributed by atoms with Crippen LogP contribution >= 0.6 is 11.6 Å². The van der Waals surface area contributed by atoms with Gasteiger partial charge in [-0.3, -0.25) is 14.8 Å². The van der Waals surface area contributed by atoms with Gasteiger partial charge in [-0.25, -0.2) is 0 Å². The Hall–Kier alpha value is -3.66. The van der Waals surface area contributed by atoms with Gasteiger partial charge in [0.25, 0.3) is 5.91 Å². The number of amides is 1. The van der Waals surface area contributed by atoms with E-state index in [9.17, 15) is 4.79 Å². The van der Waals surface area contributed by atoms with Crippen LogP contribution in [0.1, 0.15) is 47.1 Å². The van der Waals surface area contributed by atoms with Crippen molar-refractivity contribution in [1.82, 2.24) is 25.3 Å². The Morgan fingerprint density at radius 2 is 1.91 bits per heavy atom. The highest BCUT2D eigenvalue weighted by Crippen LogP contribution is 2.28. The van der Waals surface area contributed by atoms with Gasteiger partial charge in [0.2, 0.25) is 5.88 Å². The van der Waals surface area contributed by atoms with Gasteiger partial charge in [0, 0.05) is 12.7 Å². The van der Waals surface area contributed by atoms with Gasteiger partial charge < -0.3 is 24.8 Å². The summed E-state index contributed by atoms with van der Waals surface area (Å²) in [6.45, 7) is 4.86. The zero-order valence-corrected chi connectivity index (χ0v) is 21.0. The van der Waals surface area contributed by atoms with Crippen molar-refractivity contribution in [3.8, 4) is 17.6 Å². The third-order valence-electron chi connectivity index (χ3n) is 4.95. The average molecular weight is 501 g/mol. The van der Waals surface area contributed by atoms with E-state index in [-0.39, 0.29) is 29.8 Å². The second kappa shape index (κ2) is 12.7. The molecule has 2 heterocycles. The number of carbonyl (C=O) groups is 1. The van der Waals surface area contributed by atoms with Crippen molar-refractivity contribution in [2.75, 3.05) is 26.1 Å². The number of halogens is 1. The zero-order valence-electron chi connectivity index (χ0n) is 20.2. The summed E-state index contributed by atoms with van der Waals surface area (Å²) in [7, 11) is 2.99. The second-order valence-corrected chi connectivity index (χ2v) is 8.00. The van der Waals surface area contributed by atoms with Crippen molar-refractivity contribution in [2.45, 2.75) is 39.8 Å². The van der Waals surface area contributed by atoms with E-state index in [1.54, 1.807) is 31.6 Å². The fourth-order valence-electron chi connectivity index (χ4n) is 3.05. The Labute approximate surface area is 209 Å². The quantitative estimate of drug-likeness (QED) is 0.356. The lowest BCUT2D eigenvalue weighted by Crippen LogP contribution is -2.26. The lowest BCUT2D eigenvalue weighted by molar-refractivity contribution is 0.0946. The summed E-state index contributed by atoms with van der Waals surface area (Å²) < 4.78 is 16.3. The van der Waals surface area contributed by atoms with E-state index in [0.717, 1.165) is 24.1 Å². The highest BCUT2D eigenvalue weighted by atomic mass is 35.5. The number of anilines is 1. The number of hydrogen-bond acceptors (Lipinski definition) is 9. The molecular formula is C24H29ClN6O4. The topological polar surface area (TPSA) is 120 Å². The van der Waals surface area contributed by atoms with Crippen LogP contribution in [0, 0.1) is 6.92 Å². The Balaban J connectivity index is 1.86. The Bertz CT molecular complexity index is 1140. The van der Waals surface area contributed by atoms with E-state index in [1.165, 1.54) is 7.11 Å². The molecule has 0 spiro atoms. The van der Waals surface area contributed by atoms with Crippen molar-refractivity contribution >= 4 is 23.3 Å². The maximum atomic E-state index is 13.2. The van der Waals surface area contributed by atoms with E-state index in [0.29, 0.717) is 29.6 Å². The number of carbonyl (C=O) groups excluding carboxylic acids is 1. The number of unbranched alkanes of at least 4 members (excludes halogenated alkanes) is 1. The molecule has 0 atom stereocenters. The lowest BCUT2D eigenvalue weighted by atomic mass is 10.2. The minimum atomic E-state index is -0.431. The van der Waals surface area contributed by atoms with Crippen LogP contribution in [-0.4, -0.2) is 46.7 Å². The monoisotopic (exact) mass is 500 g/mol. The van der Waals surface area contributed by atoms with Gasteiger partial charge in [-0.1, -0.05) is 31.0 Å². The number of aryl methyl sites for hydroxylation is 1. The summed E-state index contributed by atoms with van der Waals surface area (Å²) >= 11 is 6.25. The van der Waals surface area contributed by atoms with Crippen molar-refractivity contribution in [3.05, 3.63) is 58.1 Å². The number of benzene rings is 1. The van der Waals surface area contributed by atoms with E-state index >= 15 is 0 Å². The molecule has 1 amide bonds. The summed E-state index contributed by atoms with van der Waals surface area (Å²) in [4.78, 5) is 30.4. The normalized spacial score (nSPS) is 10.5. The third-order valence-corrected chi connectivity index (χ3v) is 5.24. The molecule has 0 aliphatic carbocycles. The first kappa shape index (κ1) is 26.0. The molecular weight excluding hydrogens is 472 g/mol. The summed E-state index contributed by atoms with van der Waals surface area (Å²) in [5.74, 6) is 0.502. The molecule has 2 aromatic heterocycles. The van der Waals surface area contributed by atoms with Crippen molar-refractivity contribution < 1.29 is 19.0 Å². The fourth-order valence-corrected chi connectivity index (χ4v) is 3.33. The molecule has 0 aliphatic rings. The van der Waals surface area contributed by atoms with Crippen molar-refractivity contribution in [3.63, 3.8) is 0 Å². The standard InChI is InChI=1S/C24H29ClN6O4/c1-5-6-9-35-24-30-21(28-12-16-7-8-19(33-3)18(25)10-16)20(23(31-24)34-4)22(32)29-14-17-13-26-15(2)11-27-17/h7-8,10-11,13H,5-6,9,12,14H2,1-4H3,(H,29,32)(H,28,30,31). The maximum absolute atomic E-state index is 13.2. The number of methoxy groups -OCH3 is 2. The van der Waals surface area contributed by atoms with Gasteiger partial charge in [-0.05, 0) is 31.0 Å². The molecule has 0 fully saturated rings. The maximum Gasteiger partial charge on any atom is 0.321 e. The van der Waals surface area contributed by atoms with Crippen LogP contribution < -0.4 is 24.8 Å². The summed E-state index contributed by atoms with van der Waals surface area (Å²) in [5, 5.41) is 6.49. The van der Waals surface area contributed by atoms with Crippen molar-refractivity contribution in [1.29, 1.82) is 0 Å². The van der Waals surface area contributed by atoms with Crippen LogP contribution in [0.3, 0.4) is 0 Å². The Morgan fingerprint density at radius 3 is 2.57 bits per heavy atom. The summed E-state index contributed by atoms with van der Waals surface area (Å²) in [6, 6.07) is 5.53. The number of nitrogens with one attached hydrogen (secondary N) is 2. The first-order valence-corrected chi connectivity index (χ1v) is 11.5. The number of aromatic nitrogens is 4. The van der Waals surface area contributed by atoms with E-state index in [1.807, 2.05) is 13.0 Å². The van der Waals surface area contributed by atoms with Crippen LogP contribution in [0.2, 0.25) is 5.02 Å². The Morgan fingerprint density at radius 1 is 1.09 bits per heavy atom. The van der Waals surface area contributed by atoms with Gasteiger partial charge in [0.15, 0.2) is 0 Å². The van der Waals surface area contributed by atoms with Gasteiger partial charge in [-0.15, -0.1) is 0 Å². The molecule has 0 saturated carbocycles. The highest BCUT2D eigenvalue weighted by molar-refractivity contribution is 6.32. The molecule has 0 radical (unpaired) electrons. The minimum absolute atomic E-state index is 0.0919. The molecule has 0 aliphatic heterocycles. The largest absolute Gasteiger partial charge is 0.495 e. The predicted molar refractivity (Wildman–Crippen MR) is 132 cm³/mol. The molecule has 3 rings (SSSR count). The van der Waals surface area contributed by atoms with Crippen molar-refractivity contribution in [2.24, 2.45) is 0 Å². The smallest absolute Gasteiger partial charge is 0.321 e. The van der Waals surface area contributed by atoms with Crippen LogP contribution in [0.15, 0.2) is 30.6 Å². The van der Waals surface area contributed by atoms with E-state index in [2.05, 4.69) is 37.5 Å². The molecule has 3 aromatic rings. The Kier molecular flexibility index (Phi) is 9.42. The lowest BCUT2D eigenvalue weighted by Gasteiger charge is -2.16. The number of ether oxygens (including phenoxy) is 3. The molecule has 186 valence electrons. The second-order valence-electron chi connectivity index (χ2n) is 7.60. The van der Waals surface area contributed by atoms with E-state index in [4.69, 9.17) is 25.8 Å². The molecule has 35 heavy (non-hydrogen) atoms. The first-order chi connectivity index (χ1) is 16.9. The zero-order chi connectivity index (χ0) is 25.2. The van der Waals surface area contributed by atoms with Gasteiger partial charge in [-0.2, -0.15) is 9.97 Å². The highest BCUT2D eigenvalue weighted by Gasteiger charge is 2.23. The molecule has 0 bridgehead atoms. The summed E-state index contributed by atoms with van der Waals surface area (Å²) in [5.41, 5.74) is 2.42. The molecule has 0 saturated heterocycles. The van der Waals surface area contributed by atoms with Crippen LogP contribution in [0.4, 0.5) is 5.82 Å². The molecule has 10 nitrogen and oxygen atoms in total. The average Bonchev–Trinajstić information content (AvgIpc) is 2.86. The molecule has 0 unspecified atom stereocenters. The molecule has 1 aromatic carbocycles. The van der Waals surface area contributed by atoms with Gasteiger partial charge in [0.1, 0.15) is 17.1 Å². The van der Waals surface area contributed by atoms with Gasteiger partial charge in [0.05, 0.1) is 50.0 Å². The van der Waals surface area contributed by atoms with Crippen LogP contribution in [0.5, 0.6) is 17.6 Å². The SMILES string of the molecule is CCCCOc1nc(NCc2ccc(OC)c(Cl)c2)c(C(=O)NCc2cnc(C)cn2)c(OC)n1. The molecule has 11 heteroatoms. The predicted octanol–water partition coefficient (Wildman–Crippen LogP) is 3.97. The number of hydrogen-bond donors (Lipinski definition) is 2. The third kappa shape index (κ3) is 7.16. The number of rotatable bonds is 12.